The molecule has 2 aliphatic heterocycles. The molecule has 2 heterocycles. The summed E-state index contributed by atoms with van der Waals surface area (Å²) in [5, 5.41) is 0. The number of alkyl halides is 6. The average Bonchev–Trinajstić information content (AvgIpc) is 3.48. The van der Waals surface area contributed by atoms with Crippen LogP contribution < -0.4 is 0 Å². The predicted molar refractivity (Wildman–Crippen MR) is 148 cm³/mol. The highest BCUT2D eigenvalue weighted by molar-refractivity contribution is 8.12. The molecule has 0 spiro atoms. The highest BCUT2D eigenvalue weighted by atomic mass is 32.2. The second-order valence-electron chi connectivity index (χ2n) is 10.9. The number of benzene rings is 2. The smallest absolute Gasteiger partial charge is 0.194 e. The normalized spacial score (nSPS) is 29.7. The number of allylic oxidation sites excluding steroid dienone is 6. The number of halogens is 6. The second kappa shape index (κ2) is 8.35. The molecule has 0 bridgehead atoms. The molecule has 0 saturated heterocycles. The average molecular weight is 577 g/mol. The molecule has 39 heavy (non-hydrogen) atoms. The van der Waals surface area contributed by atoms with Gasteiger partial charge in [-0.05, 0) is 35.1 Å². The number of hydrogen-bond acceptors (Lipinski definition) is 2. The lowest BCUT2D eigenvalue weighted by Gasteiger charge is -2.45. The van der Waals surface area contributed by atoms with Crippen molar-refractivity contribution in [1.29, 1.82) is 0 Å². The van der Waals surface area contributed by atoms with Gasteiger partial charge in [0.2, 0.25) is 0 Å². The van der Waals surface area contributed by atoms with Crippen molar-refractivity contribution in [2.24, 2.45) is 10.8 Å². The molecule has 2 atom stereocenters. The van der Waals surface area contributed by atoms with Gasteiger partial charge in [0, 0.05) is 41.6 Å². The molecule has 0 aromatic heterocycles. The van der Waals surface area contributed by atoms with Gasteiger partial charge >= 0.3 is 17.8 Å². The van der Waals surface area contributed by atoms with Crippen molar-refractivity contribution in [1.82, 2.24) is 0 Å². The summed E-state index contributed by atoms with van der Waals surface area (Å²) in [6, 6.07) is 15.1. The van der Waals surface area contributed by atoms with Crippen LogP contribution in [0.1, 0.15) is 49.9 Å². The molecule has 6 rings (SSSR count). The Morgan fingerprint density at radius 2 is 0.897 bits per heavy atom. The predicted octanol–water partition coefficient (Wildman–Crippen LogP) is 10.1. The Kier molecular flexibility index (Phi) is 5.76. The van der Waals surface area contributed by atoms with Gasteiger partial charge in [-0.3, -0.25) is 0 Å². The highest BCUT2D eigenvalue weighted by Crippen LogP contribution is 2.78. The van der Waals surface area contributed by atoms with E-state index in [0.717, 1.165) is 58.6 Å². The van der Waals surface area contributed by atoms with Gasteiger partial charge in [-0.15, -0.1) is 0 Å². The standard InChI is InChI=1S/C31H26F6S2/c1-5-17-7-11-19(12-8-17)21-15-27(3)25(38-21)23-24(30(34,35)31(36,37)29(23,32)33)26-28(27,4)16-22(39-26)20-13-9-18(6-2)10-14-20/h7-16H,5-6H2,1-4H3. The molecule has 0 radical (unpaired) electrons. The molecular weight excluding hydrogens is 550 g/mol. The lowest BCUT2D eigenvalue weighted by molar-refractivity contribution is -0.258. The summed E-state index contributed by atoms with van der Waals surface area (Å²) >= 11 is 1.82. The van der Waals surface area contributed by atoms with Gasteiger partial charge in [0.1, 0.15) is 0 Å². The SMILES string of the molecule is CCc1ccc(C2=CC3(C)C(=C4C(=C5SC(c6ccc(CC)cc6)=CC53C)C(F)(F)C(F)(F)C4(F)F)S2)cc1. The third kappa shape index (κ3) is 3.30. The van der Waals surface area contributed by atoms with Crippen LogP contribution in [0.2, 0.25) is 0 Å². The quantitative estimate of drug-likeness (QED) is 0.332. The molecule has 2 aliphatic carbocycles. The van der Waals surface area contributed by atoms with Crippen LogP contribution in [0.3, 0.4) is 0 Å². The van der Waals surface area contributed by atoms with E-state index in [9.17, 15) is 8.78 Å². The van der Waals surface area contributed by atoms with E-state index in [0.29, 0.717) is 9.81 Å². The highest BCUT2D eigenvalue weighted by Gasteiger charge is 2.84. The molecule has 2 aromatic rings. The first-order valence-corrected chi connectivity index (χ1v) is 14.5. The van der Waals surface area contributed by atoms with Gasteiger partial charge < -0.3 is 0 Å². The van der Waals surface area contributed by atoms with Crippen LogP contribution in [-0.2, 0) is 12.8 Å². The molecular formula is C31H26F6S2. The first-order chi connectivity index (χ1) is 18.2. The topological polar surface area (TPSA) is 0 Å². The van der Waals surface area contributed by atoms with Gasteiger partial charge in [0.25, 0.3) is 0 Å². The van der Waals surface area contributed by atoms with Crippen molar-refractivity contribution in [2.45, 2.75) is 58.3 Å². The number of rotatable bonds is 4. The van der Waals surface area contributed by atoms with Crippen LogP contribution in [0, 0.1) is 10.8 Å². The van der Waals surface area contributed by atoms with Crippen molar-refractivity contribution in [3.63, 3.8) is 0 Å². The summed E-state index contributed by atoms with van der Waals surface area (Å²) in [7, 11) is 0. The summed E-state index contributed by atoms with van der Waals surface area (Å²) < 4.78 is 91.9. The largest absolute Gasteiger partial charge is 0.380 e. The monoisotopic (exact) mass is 576 g/mol. The van der Waals surface area contributed by atoms with Crippen LogP contribution in [0.15, 0.2) is 81.6 Å². The first kappa shape index (κ1) is 26.9. The lowest BCUT2D eigenvalue weighted by atomic mass is 9.60. The minimum absolute atomic E-state index is 0.125. The number of aryl methyl sites for hydroxylation is 2. The Morgan fingerprint density at radius 1 is 0.564 bits per heavy atom. The van der Waals surface area contributed by atoms with E-state index in [-0.39, 0.29) is 9.81 Å². The van der Waals surface area contributed by atoms with Gasteiger partial charge in [-0.2, -0.15) is 26.3 Å². The Balaban J connectivity index is 1.60. The van der Waals surface area contributed by atoms with E-state index < -0.39 is 39.7 Å². The van der Waals surface area contributed by atoms with E-state index in [1.807, 2.05) is 74.5 Å². The maximum atomic E-state index is 15.5. The minimum atomic E-state index is -5.55. The van der Waals surface area contributed by atoms with Crippen molar-refractivity contribution < 1.29 is 26.3 Å². The summed E-state index contributed by atoms with van der Waals surface area (Å²) in [4.78, 5) is 0.940. The number of fused-ring (bicyclic) bond motifs is 4. The van der Waals surface area contributed by atoms with Crippen LogP contribution in [0.25, 0.3) is 9.81 Å². The molecule has 0 N–H and O–H groups in total. The zero-order valence-corrected chi connectivity index (χ0v) is 23.4. The minimum Gasteiger partial charge on any atom is -0.194 e. The van der Waals surface area contributed by atoms with Gasteiger partial charge in [-0.25, -0.2) is 0 Å². The van der Waals surface area contributed by atoms with Crippen LogP contribution >= 0.6 is 23.5 Å². The van der Waals surface area contributed by atoms with Crippen LogP contribution in [0.4, 0.5) is 26.3 Å². The molecule has 0 nitrogen and oxygen atoms in total. The van der Waals surface area contributed by atoms with Gasteiger partial charge in [-0.1, -0.05) is 112 Å². The maximum Gasteiger partial charge on any atom is 0.380 e. The van der Waals surface area contributed by atoms with Crippen molar-refractivity contribution in [3.8, 4) is 0 Å². The van der Waals surface area contributed by atoms with Crippen molar-refractivity contribution >= 4 is 33.3 Å². The van der Waals surface area contributed by atoms with E-state index in [4.69, 9.17) is 0 Å². The summed E-state index contributed by atoms with van der Waals surface area (Å²) in [6.45, 7) is 7.43. The lowest BCUT2D eigenvalue weighted by Crippen LogP contribution is -2.47. The van der Waals surface area contributed by atoms with E-state index in [1.165, 1.54) is 0 Å². The van der Waals surface area contributed by atoms with Crippen LogP contribution in [-0.4, -0.2) is 17.8 Å². The Bertz CT molecular complexity index is 1400. The third-order valence-electron chi connectivity index (χ3n) is 8.70. The fraction of sp³-hybridized carbons (Fsp3) is 0.355. The molecule has 2 aromatic carbocycles. The summed E-state index contributed by atoms with van der Waals surface area (Å²) in [5.41, 5.74) is -1.25. The molecule has 0 amide bonds. The fourth-order valence-electron chi connectivity index (χ4n) is 5.97. The first-order valence-electron chi connectivity index (χ1n) is 12.9. The summed E-state index contributed by atoms with van der Waals surface area (Å²) in [5.74, 6) is -15.6. The molecule has 8 heteroatoms. The molecule has 4 aliphatic rings. The maximum absolute atomic E-state index is 15.5. The third-order valence-corrected chi connectivity index (χ3v) is 11.5. The Labute approximate surface area is 232 Å². The fourth-order valence-corrected chi connectivity index (χ4v) is 9.14. The van der Waals surface area contributed by atoms with E-state index in [1.54, 1.807) is 13.8 Å². The number of thioether (sulfide) groups is 2. The van der Waals surface area contributed by atoms with Gasteiger partial charge in [0.15, 0.2) is 0 Å². The molecule has 1 fully saturated rings. The molecule has 1 saturated carbocycles. The zero-order chi connectivity index (χ0) is 28.2. The summed E-state index contributed by atoms with van der Waals surface area (Å²) in [6.07, 6.45) is 5.24. The molecule has 204 valence electrons. The van der Waals surface area contributed by atoms with Crippen molar-refractivity contribution in [3.05, 3.63) is 104 Å². The Hall–Kier alpha value is -2.32. The zero-order valence-electron chi connectivity index (χ0n) is 21.8. The number of hydrogen-bond donors (Lipinski definition) is 0. The second-order valence-corrected chi connectivity index (χ2v) is 13.0. The van der Waals surface area contributed by atoms with E-state index >= 15 is 17.6 Å². The van der Waals surface area contributed by atoms with Gasteiger partial charge in [0.05, 0.1) is 0 Å². The van der Waals surface area contributed by atoms with Crippen LogP contribution in [0.5, 0.6) is 0 Å². The molecule has 2 unspecified atom stereocenters. The Morgan fingerprint density at radius 3 is 1.21 bits per heavy atom. The van der Waals surface area contributed by atoms with Crippen molar-refractivity contribution in [2.75, 3.05) is 0 Å². The van der Waals surface area contributed by atoms with E-state index in [2.05, 4.69) is 0 Å².